The number of hydrogen-bond acceptors (Lipinski definition) is 1. The second-order valence-electron chi connectivity index (χ2n) is 9.43. The second kappa shape index (κ2) is 12.1. The monoisotopic (exact) mass is 523 g/mol. The van der Waals surface area contributed by atoms with E-state index in [1.807, 2.05) is 36.7 Å². The molecule has 4 aromatic carbocycles. The van der Waals surface area contributed by atoms with Crippen molar-refractivity contribution < 1.29 is 9.19 Å². The van der Waals surface area contributed by atoms with Crippen LogP contribution in [0.2, 0.25) is 0 Å². The number of nitrogens with zero attached hydrogens (tertiary/aromatic N) is 4. The number of benzene rings is 4. The first-order chi connectivity index (χ1) is 18.6. The maximum atomic E-state index is 4.00. The third kappa shape index (κ3) is 5.59. The van der Waals surface area contributed by atoms with Gasteiger partial charge in [-0.2, -0.15) is 15.3 Å². The van der Waals surface area contributed by atoms with Crippen LogP contribution in [0.25, 0.3) is 43.8 Å². The number of aryl methyl sites for hydroxylation is 2. The van der Waals surface area contributed by atoms with Crippen molar-refractivity contribution in [2.24, 2.45) is 0 Å². The van der Waals surface area contributed by atoms with Gasteiger partial charge in [-0.05, 0) is 35.9 Å². The Labute approximate surface area is 238 Å². The van der Waals surface area contributed by atoms with Gasteiger partial charge in [0.15, 0.2) is 12.4 Å². The van der Waals surface area contributed by atoms with Gasteiger partial charge < -0.3 is 4.59 Å². The molecular formula is C31H34B3N6+2. The molecule has 0 atom stereocenters. The van der Waals surface area contributed by atoms with Gasteiger partial charge in [-0.15, -0.1) is 0 Å². The Morgan fingerprint density at radius 2 is 1.32 bits per heavy atom. The number of nitrogens with one attached hydrogen (secondary N) is 2. The van der Waals surface area contributed by atoms with Crippen molar-refractivity contribution >= 4 is 56.5 Å². The molecule has 1 aliphatic rings. The van der Waals surface area contributed by atoms with Gasteiger partial charge in [-0.1, -0.05) is 87.6 Å². The summed E-state index contributed by atoms with van der Waals surface area (Å²) >= 11 is 0. The van der Waals surface area contributed by atoms with E-state index < -0.39 is 0 Å². The summed E-state index contributed by atoms with van der Waals surface area (Å²) in [6.07, 6.45) is 8.13. The van der Waals surface area contributed by atoms with E-state index in [1.165, 1.54) is 38.5 Å². The van der Waals surface area contributed by atoms with E-state index >= 15 is 0 Å². The molecule has 195 valence electrons. The van der Waals surface area contributed by atoms with Crippen molar-refractivity contribution in [3.8, 4) is 11.3 Å². The third-order valence-corrected chi connectivity index (χ3v) is 6.90. The Kier molecular flexibility index (Phi) is 8.63. The lowest BCUT2D eigenvalue weighted by atomic mass is 9.91. The summed E-state index contributed by atoms with van der Waals surface area (Å²) in [7, 11) is 11.4. The lowest BCUT2D eigenvalue weighted by Crippen LogP contribution is -2.31. The summed E-state index contributed by atoms with van der Waals surface area (Å²) in [5.41, 5.74) is 7.60. The van der Waals surface area contributed by atoms with Crippen LogP contribution >= 0.6 is 0 Å². The molecule has 0 amide bonds. The second-order valence-corrected chi connectivity index (χ2v) is 9.43. The summed E-state index contributed by atoms with van der Waals surface area (Å²) < 4.78 is 5.14. The number of para-hydroxylation sites is 1. The molecule has 0 saturated carbocycles. The van der Waals surface area contributed by atoms with Crippen LogP contribution in [0.15, 0.2) is 104 Å². The first-order valence-electron chi connectivity index (χ1n) is 12.6. The molecule has 1 aliphatic carbocycles. The highest BCUT2D eigenvalue weighted by molar-refractivity contribution is 6.10. The number of H-pyrrole nitrogens is 2. The average molecular weight is 523 g/mol. The quantitative estimate of drug-likeness (QED) is 0.291. The summed E-state index contributed by atoms with van der Waals surface area (Å²) in [6, 6.07) is 29.1. The molecule has 0 bridgehead atoms. The van der Waals surface area contributed by atoms with Gasteiger partial charge in [-0.25, -0.2) is 9.19 Å². The lowest BCUT2D eigenvalue weighted by Gasteiger charge is -2.12. The summed E-state index contributed by atoms with van der Waals surface area (Å²) in [5, 5.41) is 15.3. The van der Waals surface area contributed by atoms with Crippen molar-refractivity contribution in [2.75, 3.05) is 0 Å². The minimum Gasteiger partial charge on any atom is -0.321 e. The molecule has 0 saturated heterocycles. The number of rotatable bonds is 0. The molecule has 40 heavy (non-hydrogen) atoms. The van der Waals surface area contributed by atoms with Gasteiger partial charge in [0.25, 0.3) is 7.98 Å². The van der Waals surface area contributed by atoms with E-state index in [9.17, 15) is 0 Å². The van der Waals surface area contributed by atoms with Crippen LogP contribution in [0.3, 0.4) is 0 Å². The summed E-state index contributed by atoms with van der Waals surface area (Å²) in [6.45, 7) is 0. The first-order valence-corrected chi connectivity index (χ1v) is 12.6. The molecule has 7 aromatic rings. The average Bonchev–Trinajstić information content (AvgIpc) is 3.65. The first kappa shape index (κ1) is 28.5. The normalized spacial score (nSPS) is 11.2. The molecule has 0 spiro atoms. The zero-order valence-corrected chi connectivity index (χ0v) is 21.1. The predicted molar refractivity (Wildman–Crippen MR) is 171 cm³/mol. The Morgan fingerprint density at radius 1 is 0.675 bits per heavy atom. The highest BCUT2D eigenvalue weighted by Gasteiger charge is 2.20. The van der Waals surface area contributed by atoms with E-state index in [1.54, 1.807) is 13.8 Å². The van der Waals surface area contributed by atoms with Crippen LogP contribution in [-0.2, 0) is 12.8 Å². The molecule has 9 heteroatoms. The maximum Gasteiger partial charge on any atom is 0.544 e. The largest absolute Gasteiger partial charge is 0.544 e. The zero-order valence-electron chi connectivity index (χ0n) is 21.1. The molecule has 3 heterocycles. The van der Waals surface area contributed by atoms with E-state index in [4.69, 9.17) is 0 Å². The van der Waals surface area contributed by atoms with Gasteiger partial charge in [0, 0.05) is 21.9 Å². The van der Waals surface area contributed by atoms with Gasteiger partial charge >= 0.3 is 16.0 Å². The number of fused-ring (bicyclic) bond motifs is 7. The fraction of sp³-hybridized carbons (Fsp3) is 0.129. The van der Waals surface area contributed by atoms with Gasteiger partial charge in [0.2, 0.25) is 0 Å². The third-order valence-electron chi connectivity index (χ3n) is 6.90. The molecule has 3 radical (unpaired) electrons. The van der Waals surface area contributed by atoms with Crippen LogP contribution in [0, 0.1) is 0 Å². The highest BCUT2D eigenvalue weighted by Crippen LogP contribution is 2.30. The molecular weight excluding hydrogens is 489 g/mol. The molecule has 3 aromatic heterocycles. The number of hydrogen-bond donors (Lipinski definition) is 2. The SMILES string of the molecule is C.C.[BH][n+]1cc2c([nH]1)-c1ccccc1CC2.[BH][n+]1cc2ccc3ccccc3c2[nH]1.[BH]n1ncc2ccccc21. The lowest BCUT2D eigenvalue weighted by molar-refractivity contribution is -0.585. The van der Waals surface area contributed by atoms with E-state index in [2.05, 4.69) is 106 Å². The van der Waals surface area contributed by atoms with Crippen LogP contribution in [0.5, 0.6) is 0 Å². The minimum atomic E-state index is 0. The van der Waals surface area contributed by atoms with Crippen molar-refractivity contribution in [3.05, 3.63) is 115 Å². The summed E-state index contributed by atoms with van der Waals surface area (Å²) in [5.74, 6) is 0. The van der Waals surface area contributed by atoms with Crippen molar-refractivity contribution in [1.29, 1.82) is 0 Å². The number of aromatic amines is 2. The smallest absolute Gasteiger partial charge is 0.321 e. The van der Waals surface area contributed by atoms with Crippen LogP contribution in [0.4, 0.5) is 0 Å². The standard InChI is InChI=1S/C11H11BN2.C11H9BN2.C7H6BN2.2CH4/c2*12-14-7-9-6-5-8-3-1-2-4-10(8)11(9)13-14;8-10-7-4-2-1-3-6(7)5-9-10;;/h1-4,7,12-13H,5-6H2;1-7,12-13H;1-5,8H;2*1H4/q2*+1;;;. The Hall–Kier alpha value is -4.52. The Morgan fingerprint density at radius 3 is 2.15 bits per heavy atom. The van der Waals surface area contributed by atoms with E-state index in [-0.39, 0.29) is 14.9 Å². The molecule has 2 N–H and O–H groups in total. The van der Waals surface area contributed by atoms with Crippen LogP contribution in [0.1, 0.15) is 26.0 Å². The van der Waals surface area contributed by atoms with Gasteiger partial charge in [0.05, 0.1) is 17.1 Å². The van der Waals surface area contributed by atoms with Gasteiger partial charge in [-0.3, -0.25) is 0 Å². The Bertz CT molecular complexity index is 1890. The molecule has 0 fully saturated rings. The van der Waals surface area contributed by atoms with Gasteiger partial charge in [0.1, 0.15) is 11.2 Å². The maximum absolute atomic E-state index is 4.00. The fourth-order valence-corrected chi connectivity index (χ4v) is 5.07. The van der Waals surface area contributed by atoms with Crippen molar-refractivity contribution in [2.45, 2.75) is 27.7 Å². The van der Waals surface area contributed by atoms with Crippen molar-refractivity contribution in [3.63, 3.8) is 0 Å². The van der Waals surface area contributed by atoms with Crippen LogP contribution in [-0.4, -0.2) is 43.8 Å². The summed E-state index contributed by atoms with van der Waals surface area (Å²) in [4.78, 5) is 0. The number of aromatic nitrogens is 6. The Balaban J connectivity index is 0.000000137. The van der Waals surface area contributed by atoms with E-state index in [0.29, 0.717) is 0 Å². The van der Waals surface area contributed by atoms with Crippen LogP contribution < -0.4 is 9.19 Å². The molecule has 6 nitrogen and oxygen atoms in total. The highest BCUT2D eigenvalue weighted by atomic mass is 15.2. The molecule has 8 rings (SSSR count). The van der Waals surface area contributed by atoms with E-state index in [0.717, 1.165) is 29.3 Å². The predicted octanol–water partition coefficient (Wildman–Crippen LogP) is 3.98. The topological polar surface area (TPSA) is 57.2 Å². The van der Waals surface area contributed by atoms with Crippen molar-refractivity contribution in [1.82, 2.24) is 19.9 Å². The minimum absolute atomic E-state index is 0. The fourth-order valence-electron chi connectivity index (χ4n) is 5.07. The molecule has 0 aliphatic heterocycles. The zero-order chi connectivity index (χ0) is 26.1. The molecule has 0 unspecified atom stereocenters.